The third kappa shape index (κ3) is 4.76. The monoisotopic (exact) mass is 512 g/mol. The van der Waals surface area contributed by atoms with Crippen LogP contribution in [-0.4, -0.2) is 27.7 Å². The van der Waals surface area contributed by atoms with Gasteiger partial charge in [-0.2, -0.15) is 0 Å². The van der Waals surface area contributed by atoms with Gasteiger partial charge in [-0.15, -0.1) is 0 Å². The molecular formula is C25H25ClN4O6. The molecule has 0 unspecified atom stereocenters. The Bertz CT molecular complexity index is 1330. The minimum absolute atomic E-state index is 0.0605. The minimum Gasteiger partial charge on any atom is -0.444 e. The number of hydrogen-bond donors (Lipinski definition) is 1. The fourth-order valence-electron chi connectivity index (χ4n) is 4.28. The van der Waals surface area contributed by atoms with Gasteiger partial charge in [0.15, 0.2) is 11.2 Å². The number of benzene rings is 2. The van der Waals surface area contributed by atoms with E-state index in [1.807, 2.05) is 30.3 Å². The molecule has 1 aromatic heterocycles. The van der Waals surface area contributed by atoms with Gasteiger partial charge in [0.2, 0.25) is 5.76 Å². The maximum atomic E-state index is 14.2. The van der Waals surface area contributed by atoms with E-state index in [1.165, 1.54) is 11.8 Å². The molecule has 1 atom stereocenters. The van der Waals surface area contributed by atoms with Crippen molar-refractivity contribution >= 4 is 35.0 Å². The van der Waals surface area contributed by atoms with Crippen molar-refractivity contribution in [1.82, 2.24) is 10.5 Å². The van der Waals surface area contributed by atoms with Crippen LogP contribution in [0.1, 0.15) is 43.4 Å². The van der Waals surface area contributed by atoms with Crippen LogP contribution in [0.2, 0.25) is 5.02 Å². The van der Waals surface area contributed by atoms with Gasteiger partial charge in [0.05, 0.1) is 23.6 Å². The highest BCUT2D eigenvalue weighted by Gasteiger charge is 2.54. The van der Waals surface area contributed by atoms with Crippen LogP contribution in [0.15, 0.2) is 53.1 Å². The molecule has 0 radical (unpaired) electrons. The highest BCUT2D eigenvalue weighted by atomic mass is 35.5. The Kier molecular flexibility index (Phi) is 6.48. The Morgan fingerprint density at radius 3 is 2.58 bits per heavy atom. The first kappa shape index (κ1) is 25.2. The van der Waals surface area contributed by atoms with Crippen LogP contribution in [0.3, 0.4) is 0 Å². The topological polar surface area (TPSA) is 128 Å². The molecule has 36 heavy (non-hydrogen) atoms. The zero-order valence-electron chi connectivity index (χ0n) is 20.2. The summed E-state index contributed by atoms with van der Waals surface area (Å²) in [5.74, 6) is -0.665. The lowest BCUT2D eigenvalue weighted by Gasteiger charge is -2.30. The van der Waals surface area contributed by atoms with Crippen molar-refractivity contribution in [2.24, 2.45) is 0 Å². The first-order valence-corrected chi connectivity index (χ1v) is 11.6. The predicted octanol–water partition coefficient (Wildman–Crippen LogP) is 5.05. The van der Waals surface area contributed by atoms with E-state index in [-0.39, 0.29) is 30.1 Å². The SMILES string of the molecule is Cc1noc(C[C@]2(NC(=O)OC(C)(C)C)C(=O)N(Cc3ccccc3)c3cc(Cl)ccc32)c1[N+](=O)[O-]. The van der Waals surface area contributed by atoms with Crippen LogP contribution in [0.4, 0.5) is 16.2 Å². The molecule has 1 aliphatic heterocycles. The average Bonchev–Trinajstić information content (AvgIpc) is 3.24. The summed E-state index contributed by atoms with van der Waals surface area (Å²) in [7, 11) is 0. The van der Waals surface area contributed by atoms with Gasteiger partial charge in [0.25, 0.3) is 5.91 Å². The molecule has 0 saturated heterocycles. The van der Waals surface area contributed by atoms with Crippen LogP contribution < -0.4 is 10.2 Å². The molecule has 0 fully saturated rings. The number of aromatic nitrogens is 1. The Labute approximate surface area is 212 Å². The smallest absolute Gasteiger partial charge is 0.408 e. The number of rotatable bonds is 6. The van der Waals surface area contributed by atoms with Crippen LogP contribution in [-0.2, 0) is 28.0 Å². The number of aryl methyl sites for hydroxylation is 1. The molecular weight excluding hydrogens is 488 g/mol. The first-order valence-electron chi connectivity index (χ1n) is 11.2. The summed E-state index contributed by atoms with van der Waals surface area (Å²) >= 11 is 6.29. The fraction of sp³-hybridized carbons (Fsp3) is 0.320. The number of ether oxygens (including phenoxy) is 1. The van der Waals surface area contributed by atoms with Crippen molar-refractivity contribution in [2.75, 3.05) is 4.90 Å². The first-order chi connectivity index (χ1) is 16.9. The van der Waals surface area contributed by atoms with Crippen molar-refractivity contribution in [3.8, 4) is 0 Å². The van der Waals surface area contributed by atoms with Crippen LogP contribution in [0.5, 0.6) is 0 Å². The predicted molar refractivity (Wildman–Crippen MR) is 132 cm³/mol. The van der Waals surface area contributed by atoms with E-state index in [9.17, 15) is 19.7 Å². The van der Waals surface area contributed by atoms with Crippen molar-refractivity contribution in [3.63, 3.8) is 0 Å². The molecule has 11 heteroatoms. The molecule has 0 aliphatic carbocycles. The molecule has 1 N–H and O–H groups in total. The molecule has 3 aromatic rings. The molecule has 2 amide bonds. The summed E-state index contributed by atoms with van der Waals surface area (Å²) in [5.41, 5.74) is -1.21. The number of amides is 2. The number of carbonyl (C=O) groups excluding carboxylic acids is 2. The quantitative estimate of drug-likeness (QED) is 0.361. The van der Waals surface area contributed by atoms with Crippen LogP contribution in [0.25, 0.3) is 0 Å². The van der Waals surface area contributed by atoms with Gasteiger partial charge in [0.1, 0.15) is 5.60 Å². The zero-order valence-corrected chi connectivity index (χ0v) is 21.0. The average molecular weight is 513 g/mol. The number of halogens is 1. The van der Waals surface area contributed by atoms with Gasteiger partial charge in [-0.3, -0.25) is 14.9 Å². The minimum atomic E-state index is -1.77. The van der Waals surface area contributed by atoms with E-state index in [0.29, 0.717) is 16.3 Å². The van der Waals surface area contributed by atoms with E-state index < -0.39 is 28.1 Å². The summed E-state index contributed by atoms with van der Waals surface area (Å²) < 4.78 is 10.7. The molecule has 1 aliphatic rings. The van der Waals surface area contributed by atoms with Gasteiger partial charge in [0, 0.05) is 10.6 Å². The lowest BCUT2D eigenvalue weighted by atomic mass is 9.86. The largest absolute Gasteiger partial charge is 0.444 e. The van der Waals surface area contributed by atoms with Gasteiger partial charge >= 0.3 is 11.8 Å². The number of anilines is 1. The third-order valence-electron chi connectivity index (χ3n) is 5.73. The van der Waals surface area contributed by atoms with Gasteiger partial charge in [-0.25, -0.2) is 4.79 Å². The van der Waals surface area contributed by atoms with E-state index in [2.05, 4.69) is 10.5 Å². The Hall–Kier alpha value is -3.92. The highest BCUT2D eigenvalue weighted by Crippen LogP contribution is 2.45. The number of fused-ring (bicyclic) bond motifs is 1. The Balaban J connectivity index is 1.87. The highest BCUT2D eigenvalue weighted by molar-refractivity contribution is 6.31. The summed E-state index contributed by atoms with van der Waals surface area (Å²) in [6.07, 6.45) is -1.22. The normalized spacial score (nSPS) is 17.1. The second kappa shape index (κ2) is 9.27. The molecule has 0 bridgehead atoms. The maximum Gasteiger partial charge on any atom is 0.408 e. The third-order valence-corrected chi connectivity index (χ3v) is 5.96. The molecule has 0 spiro atoms. The van der Waals surface area contributed by atoms with E-state index in [1.54, 1.807) is 39.0 Å². The Morgan fingerprint density at radius 2 is 1.94 bits per heavy atom. The summed E-state index contributed by atoms with van der Waals surface area (Å²) in [5, 5.41) is 18.6. The van der Waals surface area contributed by atoms with E-state index in [0.717, 1.165) is 5.56 Å². The van der Waals surface area contributed by atoms with Gasteiger partial charge in [-0.1, -0.05) is 53.2 Å². The molecule has 4 rings (SSSR count). The van der Waals surface area contributed by atoms with Crippen molar-refractivity contribution in [2.45, 2.75) is 51.8 Å². The fourth-order valence-corrected chi connectivity index (χ4v) is 4.45. The lowest BCUT2D eigenvalue weighted by molar-refractivity contribution is -0.386. The number of nitrogens with zero attached hydrogens (tertiary/aromatic N) is 3. The molecule has 2 heterocycles. The molecule has 10 nitrogen and oxygen atoms in total. The van der Waals surface area contributed by atoms with Crippen LogP contribution in [0, 0.1) is 17.0 Å². The van der Waals surface area contributed by atoms with Crippen molar-refractivity contribution < 1.29 is 23.8 Å². The second-order valence-corrected chi connectivity index (χ2v) is 9.98. The van der Waals surface area contributed by atoms with E-state index >= 15 is 0 Å². The van der Waals surface area contributed by atoms with Gasteiger partial charge < -0.3 is 19.5 Å². The second-order valence-electron chi connectivity index (χ2n) is 9.54. The summed E-state index contributed by atoms with van der Waals surface area (Å²) in [6.45, 7) is 6.69. The lowest BCUT2D eigenvalue weighted by Crippen LogP contribution is -2.55. The number of alkyl carbamates (subject to hydrolysis) is 1. The molecule has 188 valence electrons. The number of hydrogen-bond acceptors (Lipinski definition) is 7. The van der Waals surface area contributed by atoms with Crippen molar-refractivity contribution in [3.05, 3.63) is 86.2 Å². The van der Waals surface area contributed by atoms with E-state index in [4.69, 9.17) is 20.9 Å². The zero-order chi connectivity index (χ0) is 26.3. The standard InChI is InChI=1S/C25H25ClN4O6/c1-15-21(30(33)34)20(36-28-15)13-25(27-23(32)35-24(2,3)4)18-11-10-17(26)12-19(18)29(22(25)31)14-16-8-6-5-7-9-16/h5-12H,13-14H2,1-4H3,(H,27,32)/t25-/m1/s1. The Morgan fingerprint density at radius 1 is 1.25 bits per heavy atom. The van der Waals surface area contributed by atoms with Gasteiger partial charge in [-0.05, 0) is 45.4 Å². The number of nitrogens with one attached hydrogen (secondary N) is 1. The number of nitro groups is 1. The summed E-state index contributed by atoms with van der Waals surface area (Å²) in [4.78, 5) is 39.8. The van der Waals surface area contributed by atoms with Crippen molar-refractivity contribution in [1.29, 1.82) is 0 Å². The van der Waals surface area contributed by atoms with Crippen LogP contribution >= 0.6 is 11.6 Å². The molecule has 0 saturated carbocycles. The number of carbonyl (C=O) groups is 2. The summed E-state index contributed by atoms with van der Waals surface area (Å²) in [6, 6.07) is 14.1. The maximum absolute atomic E-state index is 14.2. The molecule has 2 aromatic carbocycles.